The molecule has 4 rings (SSSR count). The lowest BCUT2D eigenvalue weighted by molar-refractivity contribution is 0.0230. The van der Waals surface area contributed by atoms with Crippen molar-refractivity contribution in [2.75, 3.05) is 6.54 Å². The Morgan fingerprint density at radius 2 is 1.68 bits per heavy atom. The second kappa shape index (κ2) is 8.33. The van der Waals surface area contributed by atoms with Gasteiger partial charge in [0.15, 0.2) is 0 Å². The summed E-state index contributed by atoms with van der Waals surface area (Å²) in [5.74, 6) is 0. The van der Waals surface area contributed by atoms with Crippen molar-refractivity contribution >= 4 is 23.3 Å². The molecule has 2 aliphatic rings. The molecule has 2 amide bonds. The van der Waals surface area contributed by atoms with Crippen LogP contribution >= 0.6 is 11.6 Å². The van der Waals surface area contributed by atoms with Gasteiger partial charge in [0.05, 0.1) is 5.71 Å². The van der Waals surface area contributed by atoms with Crippen molar-refractivity contribution in [1.29, 1.82) is 0 Å². The van der Waals surface area contributed by atoms with Gasteiger partial charge in [0.1, 0.15) is 6.17 Å². The van der Waals surface area contributed by atoms with E-state index < -0.39 is 6.03 Å². The van der Waals surface area contributed by atoms with Crippen molar-refractivity contribution in [2.24, 2.45) is 10.8 Å². The number of halogens is 1. The van der Waals surface area contributed by atoms with E-state index in [-0.39, 0.29) is 6.17 Å². The maximum absolute atomic E-state index is 12.4. The van der Waals surface area contributed by atoms with E-state index in [1.807, 2.05) is 54.6 Å². The summed E-state index contributed by atoms with van der Waals surface area (Å²) in [6.07, 6.45) is 5.68. The quantitative estimate of drug-likeness (QED) is 0.812. The molecule has 1 atom stereocenters. The van der Waals surface area contributed by atoms with Gasteiger partial charge in [0.25, 0.3) is 0 Å². The topological polar surface area (TPSA) is 61.9 Å². The lowest BCUT2D eigenvalue weighted by Crippen LogP contribution is -2.54. The van der Waals surface area contributed by atoms with Gasteiger partial charge in [0.2, 0.25) is 0 Å². The highest BCUT2D eigenvalue weighted by molar-refractivity contribution is 6.30. The Labute approximate surface area is 170 Å². The summed E-state index contributed by atoms with van der Waals surface area (Å²) < 4.78 is 0. The van der Waals surface area contributed by atoms with Crippen molar-refractivity contribution < 1.29 is 4.79 Å². The van der Waals surface area contributed by atoms with Crippen LogP contribution in [0.3, 0.4) is 0 Å². The third-order valence-electron chi connectivity index (χ3n) is 5.65. The summed E-state index contributed by atoms with van der Waals surface area (Å²) in [5.41, 5.74) is 8.62. The third kappa shape index (κ3) is 3.91. The van der Waals surface area contributed by atoms with Crippen molar-refractivity contribution in [1.82, 2.24) is 9.91 Å². The molecule has 0 aromatic heterocycles. The molecule has 2 aromatic carbocycles. The molecule has 1 unspecified atom stereocenters. The van der Waals surface area contributed by atoms with Crippen LogP contribution in [0.1, 0.15) is 49.4 Å². The van der Waals surface area contributed by atoms with E-state index in [9.17, 15) is 4.79 Å². The predicted octanol–water partition coefficient (Wildman–Crippen LogP) is 4.77. The number of hydrogen-bond donors (Lipinski definition) is 1. The van der Waals surface area contributed by atoms with Gasteiger partial charge in [-0.2, -0.15) is 10.1 Å². The largest absolute Gasteiger partial charge is 0.350 e. The van der Waals surface area contributed by atoms with E-state index in [1.54, 1.807) is 0 Å². The average Bonchev–Trinajstić information content (AvgIpc) is 2.74. The molecule has 0 bridgehead atoms. The van der Waals surface area contributed by atoms with Crippen LogP contribution in [0.5, 0.6) is 0 Å². The van der Waals surface area contributed by atoms with Gasteiger partial charge in [-0.3, -0.25) is 4.90 Å². The maximum Gasteiger partial charge on any atom is 0.337 e. The Hall–Kier alpha value is -2.37. The SMILES string of the molecule is NC(=O)N1N=C(c2ccc(Cl)cc2)CN(C2CCCCC2)C1c1ccccc1. The second-order valence-corrected chi connectivity index (χ2v) is 7.92. The summed E-state index contributed by atoms with van der Waals surface area (Å²) in [6, 6.07) is 17.5. The minimum Gasteiger partial charge on any atom is -0.350 e. The fraction of sp³-hybridized carbons (Fsp3) is 0.364. The zero-order valence-corrected chi connectivity index (χ0v) is 16.6. The van der Waals surface area contributed by atoms with Crippen molar-refractivity contribution in [3.05, 3.63) is 70.7 Å². The van der Waals surface area contributed by atoms with Gasteiger partial charge in [-0.05, 0) is 36.1 Å². The second-order valence-electron chi connectivity index (χ2n) is 7.48. The van der Waals surface area contributed by atoms with Gasteiger partial charge in [-0.15, -0.1) is 0 Å². The first-order chi connectivity index (χ1) is 13.6. The zero-order valence-electron chi connectivity index (χ0n) is 15.8. The Kier molecular flexibility index (Phi) is 5.64. The number of nitrogens with two attached hydrogens (primary N) is 1. The number of amides is 2. The van der Waals surface area contributed by atoms with Gasteiger partial charge < -0.3 is 5.73 Å². The normalized spacial score (nSPS) is 21.4. The predicted molar refractivity (Wildman–Crippen MR) is 112 cm³/mol. The molecule has 0 radical (unpaired) electrons. The highest BCUT2D eigenvalue weighted by Gasteiger charge is 2.38. The molecule has 1 aliphatic heterocycles. The van der Waals surface area contributed by atoms with Crippen LogP contribution in [0.25, 0.3) is 0 Å². The highest BCUT2D eigenvalue weighted by atomic mass is 35.5. The minimum absolute atomic E-state index is 0.280. The van der Waals surface area contributed by atoms with Crippen LogP contribution in [0.15, 0.2) is 59.7 Å². The Morgan fingerprint density at radius 1 is 1.00 bits per heavy atom. The van der Waals surface area contributed by atoms with Crippen LogP contribution in [0, 0.1) is 0 Å². The molecular formula is C22H25ClN4O. The summed E-state index contributed by atoms with van der Waals surface area (Å²) >= 11 is 6.05. The smallest absolute Gasteiger partial charge is 0.337 e. The number of rotatable bonds is 3. The van der Waals surface area contributed by atoms with E-state index >= 15 is 0 Å². The van der Waals surface area contributed by atoms with Crippen LogP contribution in [0.4, 0.5) is 4.79 Å². The van der Waals surface area contributed by atoms with Gasteiger partial charge in [-0.1, -0.05) is 73.3 Å². The maximum atomic E-state index is 12.4. The number of primary amides is 1. The molecule has 2 N–H and O–H groups in total. The molecule has 2 aromatic rings. The molecule has 28 heavy (non-hydrogen) atoms. The fourth-order valence-electron chi connectivity index (χ4n) is 4.28. The zero-order chi connectivity index (χ0) is 19.5. The molecule has 1 heterocycles. The number of urea groups is 1. The van der Waals surface area contributed by atoms with E-state index in [0.29, 0.717) is 17.6 Å². The number of carbonyl (C=O) groups excluding carboxylic acids is 1. The third-order valence-corrected chi connectivity index (χ3v) is 5.90. The first kappa shape index (κ1) is 19.0. The van der Waals surface area contributed by atoms with E-state index in [4.69, 9.17) is 17.3 Å². The minimum atomic E-state index is -0.541. The monoisotopic (exact) mass is 396 g/mol. The van der Waals surface area contributed by atoms with Crippen molar-refractivity contribution in [3.8, 4) is 0 Å². The Balaban J connectivity index is 1.77. The van der Waals surface area contributed by atoms with Gasteiger partial charge in [-0.25, -0.2) is 4.79 Å². The van der Waals surface area contributed by atoms with Crippen molar-refractivity contribution in [2.45, 2.75) is 44.3 Å². The number of nitrogens with zero attached hydrogens (tertiary/aromatic N) is 3. The first-order valence-corrected chi connectivity index (χ1v) is 10.2. The molecule has 0 spiro atoms. The molecule has 146 valence electrons. The molecule has 6 heteroatoms. The highest BCUT2D eigenvalue weighted by Crippen LogP contribution is 2.35. The Bertz CT molecular complexity index is 847. The standard InChI is InChI=1S/C22H25ClN4O/c23-18-13-11-16(12-14-18)20-15-26(19-9-5-2-6-10-19)21(27(25-20)22(24)28)17-7-3-1-4-8-17/h1,3-4,7-8,11-14,19,21H,2,5-6,9-10,15H2,(H2,24,28). The molecule has 1 saturated carbocycles. The van der Waals surface area contributed by atoms with Crippen LogP contribution in [-0.4, -0.2) is 34.2 Å². The number of benzene rings is 2. The summed E-state index contributed by atoms with van der Waals surface area (Å²) in [5, 5.41) is 6.80. The fourth-order valence-corrected chi connectivity index (χ4v) is 4.40. The van der Waals surface area contributed by atoms with Gasteiger partial charge in [0, 0.05) is 17.6 Å². The van der Waals surface area contributed by atoms with E-state index in [2.05, 4.69) is 10.0 Å². The molecule has 5 nitrogen and oxygen atoms in total. The van der Waals surface area contributed by atoms with Crippen LogP contribution in [-0.2, 0) is 0 Å². The van der Waals surface area contributed by atoms with Crippen LogP contribution in [0.2, 0.25) is 5.02 Å². The van der Waals surface area contributed by atoms with Crippen molar-refractivity contribution in [3.63, 3.8) is 0 Å². The Morgan fingerprint density at radius 3 is 2.32 bits per heavy atom. The molecule has 0 saturated heterocycles. The van der Waals surface area contributed by atoms with Gasteiger partial charge >= 0.3 is 6.03 Å². The average molecular weight is 397 g/mol. The molecule has 1 fully saturated rings. The lowest BCUT2D eigenvalue weighted by Gasteiger charge is -2.45. The molecule has 1 aliphatic carbocycles. The summed E-state index contributed by atoms with van der Waals surface area (Å²) in [7, 11) is 0. The number of carbonyl (C=O) groups is 1. The van der Waals surface area contributed by atoms with E-state index in [1.165, 1.54) is 24.3 Å². The molecular weight excluding hydrogens is 372 g/mol. The van der Waals surface area contributed by atoms with Crippen LogP contribution < -0.4 is 5.73 Å². The number of hydrazone groups is 1. The summed E-state index contributed by atoms with van der Waals surface area (Å²) in [4.78, 5) is 14.8. The lowest BCUT2D eigenvalue weighted by atomic mass is 9.92. The first-order valence-electron chi connectivity index (χ1n) is 9.86. The van der Waals surface area contributed by atoms with E-state index in [0.717, 1.165) is 29.7 Å². The number of hydrogen-bond acceptors (Lipinski definition) is 3. The summed E-state index contributed by atoms with van der Waals surface area (Å²) in [6.45, 7) is 0.676.